The summed E-state index contributed by atoms with van der Waals surface area (Å²) in [6, 6.07) is 12.1. The number of hydrogen-bond acceptors (Lipinski definition) is 3. The molecular formula is C18H22N4O. The first-order valence-electron chi connectivity index (χ1n) is 8.42. The number of para-hydroxylation sites is 1. The summed E-state index contributed by atoms with van der Waals surface area (Å²) in [5.41, 5.74) is 2.21. The Morgan fingerprint density at radius 2 is 1.96 bits per heavy atom. The predicted molar refractivity (Wildman–Crippen MR) is 89.3 cm³/mol. The second kappa shape index (κ2) is 6.16. The summed E-state index contributed by atoms with van der Waals surface area (Å²) in [6.45, 7) is 2.78. The molecule has 2 aliphatic rings. The minimum absolute atomic E-state index is 0.0286. The largest absolute Gasteiger partial charge is 0.311 e. The van der Waals surface area contributed by atoms with E-state index in [1.165, 1.54) is 12.1 Å². The number of piperidine rings is 1. The molecule has 3 heterocycles. The summed E-state index contributed by atoms with van der Waals surface area (Å²) in [6.07, 6.45) is 5.04. The van der Waals surface area contributed by atoms with E-state index in [2.05, 4.69) is 21.2 Å². The maximum atomic E-state index is 12.9. The third-order valence-corrected chi connectivity index (χ3v) is 5.10. The molecule has 23 heavy (non-hydrogen) atoms. The number of hydrogen-bond donors (Lipinski definition) is 1. The number of carbonyl (C=O) groups is 1. The topological polar surface area (TPSA) is 52.2 Å². The van der Waals surface area contributed by atoms with Gasteiger partial charge in [-0.2, -0.15) is 5.10 Å². The van der Waals surface area contributed by atoms with Crippen LogP contribution < -0.4 is 4.90 Å². The van der Waals surface area contributed by atoms with Crippen LogP contribution in [-0.4, -0.2) is 46.7 Å². The van der Waals surface area contributed by atoms with E-state index in [1.54, 1.807) is 0 Å². The van der Waals surface area contributed by atoms with Crippen molar-refractivity contribution in [2.45, 2.75) is 31.2 Å². The Labute approximate surface area is 136 Å². The van der Waals surface area contributed by atoms with E-state index in [-0.39, 0.29) is 11.9 Å². The van der Waals surface area contributed by atoms with Crippen molar-refractivity contribution in [2.24, 2.45) is 0 Å². The lowest BCUT2D eigenvalue weighted by molar-refractivity contribution is -0.122. The molecule has 0 spiro atoms. The molecule has 120 valence electrons. The van der Waals surface area contributed by atoms with Crippen LogP contribution in [0.4, 0.5) is 5.69 Å². The third kappa shape index (κ3) is 2.77. The number of aromatic nitrogens is 2. The molecule has 2 saturated heterocycles. The van der Waals surface area contributed by atoms with E-state index in [1.807, 2.05) is 41.4 Å². The number of rotatable bonds is 3. The van der Waals surface area contributed by atoms with E-state index in [0.29, 0.717) is 5.92 Å². The third-order valence-electron chi connectivity index (χ3n) is 5.10. The highest BCUT2D eigenvalue weighted by atomic mass is 16.2. The number of carbonyl (C=O) groups excluding carboxylic acids is 1. The van der Waals surface area contributed by atoms with Crippen molar-refractivity contribution in [1.82, 2.24) is 15.1 Å². The Morgan fingerprint density at radius 1 is 1.09 bits per heavy atom. The maximum absolute atomic E-state index is 12.9. The summed E-state index contributed by atoms with van der Waals surface area (Å²) in [5, 5.41) is 7.16. The van der Waals surface area contributed by atoms with Crippen molar-refractivity contribution >= 4 is 11.6 Å². The summed E-state index contributed by atoms with van der Waals surface area (Å²) < 4.78 is 0. The fourth-order valence-corrected chi connectivity index (χ4v) is 3.91. The quantitative estimate of drug-likeness (QED) is 0.947. The van der Waals surface area contributed by atoms with Crippen molar-refractivity contribution in [3.63, 3.8) is 0 Å². The molecule has 5 heteroatoms. The maximum Gasteiger partial charge on any atom is 0.244 e. The van der Waals surface area contributed by atoms with Crippen LogP contribution in [0.15, 0.2) is 42.6 Å². The minimum atomic E-state index is 0.0286. The fourth-order valence-electron chi connectivity index (χ4n) is 3.91. The molecule has 1 aromatic heterocycles. The van der Waals surface area contributed by atoms with Crippen molar-refractivity contribution < 1.29 is 4.79 Å². The fraction of sp³-hybridized carbons (Fsp3) is 0.444. The molecule has 1 amide bonds. The van der Waals surface area contributed by atoms with Crippen LogP contribution in [0.3, 0.4) is 0 Å². The first-order chi connectivity index (χ1) is 11.3. The minimum Gasteiger partial charge on any atom is -0.311 e. The molecule has 0 bridgehead atoms. The zero-order chi connectivity index (χ0) is 15.6. The van der Waals surface area contributed by atoms with Gasteiger partial charge in [0.15, 0.2) is 0 Å². The van der Waals surface area contributed by atoms with E-state index in [0.717, 1.165) is 38.2 Å². The number of benzene rings is 1. The first-order valence-corrected chi connectivity index (χ1v) is 8.42. The Morgan fingerprint density at radius 3 is 2.74 bits per heavy atom. The highest BCUT2D eigenvalue weighted by molar-refractivity contribution is 5.99. The molecule has 2 aliphatic heterocycles. The summed E-state index contributed by atoms with van der Waals surface area (Å²) in [4.78, 5) is 17.2. The first kappa shape index (κ1) is 14.5. The number of nitrogens with zero attached hydrogens (tertiary/aromatic N) is 3. The second-order valence-corrected chi connectivity index (χ2v) is 6.48. The molecule has 0 unspecified atom stereocenters. The number of amides is 1. The van der Waals surface area contributed by atoms with Crippen LogP contribution in [0.5, 0.6) is 0 Å². The van der Waals surface area contributed by atoms with Gasteiger partial charge in [-0.3, -0.25) is 14.8 Å². The van der Waals surface area contributed by atoms with Gasteiger partial charge in [0, 0.05) is 36.6 Å². The number of anilines is 1. The van der Waals surface area contributed by atoms with Gasteiger partial charge in [0.1, 0.15) is 0 Å². The lowest BCUT2D eigenvalue weighted by atomic mass is 9.93. The lowest BCUT2D eigenvalue weighted by Gasteiger charge is -2.35. The molecule has 2 atom stereocenters. The number of nitrogens with one attached hydrogen (secondary N) is 1. The molecule has 1 N–H and O–H groups in total. The van der Waals surface area contributed by atoms with Crippen molar-refractivity contribution in [3.05, 3.63) is 48.3 Å². The van der Waals surface area contributed by atoms with Gasteiger partial charge in [0.25, 0.3) is 0 Å². The Kier molecular flexibility index (Phi) is 3.87. The van der Waals surface area contributed by atoms with E-state index in [9.17, 15) is 4.79 Å². The van der Waals surface area contributed by atoms with Gasteiger partial charge >= 0.3 is 0 Å². The lowest BCUT2D eigenvalue weighted by Crippen LogP contribution is -2.46. The molecule has 0 saturated carbocycles. The van der Waals surface area contributed by atoms with E-state index in [4.69, 9.17) is 0 Å². The normalized spacial score (nSPS) is 25.9. The summed E-state index contributed by atoms with van der Waals surface area (Å²) >= 11 is 0. The van der Waals surface area contributed by atoms with Crippen LogP contribution in [0.25, 0.3) is 0 Å². The number of H-pyrrole nitrogens is 1. The molecule has 1 aromatic carbocycles. The average molecular weight is 310 g/mol. The van der Waals surface area contributed by atoms with Gasteiger partial charge in [0.2, 0.25) is 5.91 Å². The van der Waals surface area contributed by atoms with Gasteiger partial charge in [0.05, 0.1) is 6.04 Å². The van der Waals surface area contributed by atoms with Crippen LogP contribution in [0.2, 0.25) is 0 Å². The monoisotopic (exact) mass is 310 g/mol. The SMILES string of the molecule is O=C1[C@H](N2CCC[C@H](c3ccn[nH]3)C2)CCN1c1ccccc1. The highest BCUT2D eigenvalue weighted by Gasteiger charge is 2.38. The number of aromatic amines is 1. The van der Waals surface area contributed by atoms with Gasteiger partial charge in [-0.15, -0.1) is 0 Å². The molecule has 4 rings (SSSR count). The Bertz CT molecular complexity index is 655. The molecule has 2 fully saturated rings. The second-order valence-electron chi connectivity index (χ2n) is 6.48. The van der Waals surface area contributed by atoms with Crippen molar-refractivity contribution in [2.75, 3.05) is 24.5 Å². The highest BCUT2D eigenvalue weighted by Crippen LogP contribution is 2.30. The van der Waals surface area contributed by atoms with Gasteiger partial charge < -0.3 is 4.90 Å². The molecule has 0 radical (unpaired) electrons. The van der Waals surface area contributed by atoms with Gasteiger partial charge in [-0.05, 0) is 44.0 Å². The molecule has 0 aliphatic carbocycles. The summed E-state index contributed by atoms with van der Waals surface area (Å²) in [7, 11) is 0. The van der Waals surface area contributed by atoms with Gasteiger partial charge in [-0.1, -0.05) is 18.2 Å². The Balaban J connectivity index is 1.47. The van der Waals surface area contributed by atoms with Crippen LogP contribution in [0, 0.1) is 0 Å². The van der Waals surface area contributed by atoms with Crippen molar-refractivity contribution in [3.8, 4) is 0 Å². The average Bonchev–Trinajstić information content (AvgIpc) is 3.26. The van der Waals surface area contributed by atoms with E-state index >= 15 is 0 Å². The Hall–Kier alpha value is -2.14. The van der Waals surface area contributed by atoms with Crippen molar-refractivity contribution in [1.29, 1.82) is 0 Å². The van der Waals surface area contributed by atoms with E-state index < -0.39 is 0 Å². The van der Waals surface area contributed by atoms with Crippen LogP contribution in [0.1, 0.15) is 30.9 Å². The number of likely N-dealkylation sites (tertiary alicyclic amines) is 1. The standard InChI is InChI=1S/C18H22N4O/c23-18-17(9-12-22(18)15-6-2-1-3-7-15)21-11-4-5-14(13-21)16-8-10-19-20-16/h1-3,6-8,10,14,17H,4-5,9,11-13H2,(H,19,20)/t14-,17+/m0/s1. The molecule has 2 aromatic rings. The van der Waals surface area contributed by atoms with Crippen LogP contribution >= 0.6 is 0 Å². The smallest absolute Gasteiger partial charge is 0.244 e. The molecular weight excluding hydrogens is 288 g/mol. The predicted octanol–water partition coefficient (Wildman–Crippen LogP) is 2.39. The van der Waals surface area contributed by atoms with Gasteiger partial charge in [-0.25, -0.2) is 0 Å². The van der Waals surface area contributed by atoms with Crippen LogP contribution in [-0.2, 0) is 4.79 Å². The zero-order valence-electron chi connectivity index (χ0n) is 13.2. The molecule has 5 nitrogen and oxygen atoms in total. The summed E-state index contributed by atoms with van der Waals surface area (Å²) in [5.74, 6) is 0.714. The zero-order valence-corrected chi connectivity index (χ0v) is 13.2.